The molecule has 2 amide bonds. The molecule has 3 N–H and O–H groups in total. The summed E-state index contributed by atoms with van der Waals surface area (Å²) in [5.41, 5.74) is 4.96. The second kappa shape index (κ2) is 13.2. The number of alkyl carbamates (subject to hydrolysis) is 1. The number of ether oxygens (including phenoxy) is 2. The summed E-state index contributed by atoms with van der Waals surface area (Å²) in [7, 11) is 1.53. The first-order valence-corrected chi connectivity index (χ1v) is 15.7. The first-order valence-electron chi connectivity index (χ1n) is 15.7. The zero-order valence-corrected chi connectivity index (χ0v) is 27.0. The zero-order chi connectivity index (χ0) is 33.1. The van der Waals surface area contributed by atoms with Gasteiger partial charge in [0, 0.05) is 41.1 Å². The fourth-order valence-corrected chi connectivity index (χ4v) is 6.01. The van der Waals surface area contributed by atoms with E-state index < -0.39 is 23.6 Å². The van der Waals surface area contributed by atoms with Gasteiger partial charge in [-0.3, -0.25) is 4.79 Å². The lowest BCUT2D eigenvalue weighted by Gasteiger charge is -2.22. The molecule has 0 radical (unpaired) electrons. The van der Waals surface area contributed by atoms with Crippen LogP contribution >= 0.6 is 0 Å². The standard InChI is InChI=1S/C38H39FN4O4/c1-38(2,3)47-37(45)40-29-18-19-43(23-29)30-15-12-24(13-16-30)25-9-7-10-27(20-25)36(44)42-35(31-22-28(39)14-17-34(31)46-4)33-21-26-8-5-6-11-32(26)41-33/h5-17,20-22,29,35,41H,18-19,23H2,1-4H3,(H,40,45)(H,42,44)/t29-,35+/m0/s1. The van der Waals surface area contributed by atoms with E-state index in [1.165, 1.54) is 19.2 Å². The molecule has 47 heavy (non-hydrogen) atoms. The fourth-order valence-electron chi connectivity index (χ4n) is 6.01. The van der Waals surface area contributed by atoms with E-state index in [4.69, 9.17) is 9.47 Å². The van der Waals surface area contributed by atoms with Gasteiger partial charge in [0.1, 0.15) is 17.2 Å². The van der Waals surface area contributed by atoms with Crippen molar-refractivity contribution in [3.63, 3.8) is 0 Å². The molecule has 5 aromatic rings. The van der Waals surface area contributed by atoms with Crippen molar-refractivity contribution < 1.29 is 23.5 Å². The maximum atomic E-state index is 14.5. The molecule has 9 heteroatoms. The molecule has 8 nitrogen and oxygen atoms in total. The highest BCUT2D eigenvalue weighted by molar-refractivity contribution is 5.96. The third-order valence-corrected chi connectivity index (χ3v) is 8.24. The topological polar surface area (TPSA) is 95.7 Å². The van der Waals surface area contributed by atoms with E-state index in [-0.39, 0.29) is 11.9 Å². The summed E-state index contributed by atoms with van der Waals surface area (Å²) >= 11 is 0. The molecule has 4 aromatic carbocycles. The molecule has 1 aliphatic rings. The SMILES string of the molecule is COc1ccc(F)cc1[C@@H](NC(=O)c1cccc(-c2ccc(N3CC[C@H](NC(=O)OC(C)(C)C)C3)cc2)c1)c1cc2ccccc2[nH]1. The highest BCUT2D eigenvalue weighted by atomic mass is 19.1. The Hall–Kier alpha value is -5.31. The second-order valence-electron chi connectivity index (χ2n) is 12.8. The van der Waals surface area contributed by atoms with Gasteiger partial charge >= 0.3 is 6.09 Å². The molecule has 0 saturated carbocycles. The number of nitrogens with one attached hydrogen (secondary N) is 3. The molecule has 1 aromatic heterocycles. The third-order valence-electron chi connectivity index (χ3n) is 8.24. The molecule has 0 aliphatic carbocycles. The third kappa shape index (κ3) is 7.41. The monoisotopic (exact) mass is 634 g/mol. The lowest BCUT2D eigenvalue weighted by atomic mass is 10.00. The van der Waals surface area contributed by atoms with Crippen LogP contribution in [0.15, 0.2) is 97.1 Å². The number of halogens is 1. The molecule has 2 atom stereocenters. The molecule has 0 unspecified atom stereocenters. The number of hydrogen-bond acceptors (Lipinski definition) is 5. The summed E-state index contributed by atoms with van der Waals surface area (Å²) < 4.78 is 25.5. The Kier molecular flexibility index (Phi) is 8.89. The number of carbonyl (C=O) groups excluding carboxylic acids is 2. The molecule has 1 aliphatic heterocycles. The van der Waals surface area contributed by atoms with Crippen molar-refractivity contribution >= 4 is 28.6 Å². The van der Waals surface area contributed by atoms with Crippen LogP contribution in [-0.4, -0.2) is 48.8 Å². The number of hydrogen-bond donors (Lipinski definition) is 3. The lowest BCUT2D eigenvalue weighted by molar-refractivity contribution is 0.0508. The van der Waals surface area contributed by atoms with Crippen LogP contribution in [-0.2, 0) is 4.74 Å². The average molecular weight is 635 g/mol. The van der Waals surface area contributed by atoms with E-state index in [0.717, 1.165) is 40.7 Å². The highest BCUT2D eigenvalue weighted by Gasteiger charge is 2.27. The number of amides is 2. The Morgan fingerprint density at radius 2 is 1.72 bits per heavy atom. The van der Waals surface area contributed by atoms with Crippen LogP contribution in [0.5, 0.6) is 5.75 Å². The summed E-state index contributed by atoms with van der Waals surface area (Å²) in [5, 5.41) is 7.07. The number of anilines is 1. The maximum absolute atomic E-state index is 14.5. The Morgan fingerprint density at radius 1 is 0.936 bits per heavy atom. The Labute approximate surface area is 273 Å². The number of aromatic nitrogens is 1. The Balaban J connectivity index is 1.19. The van der Waals surface area contributed by atoms with E-state index in [1.54, 1.807) is 12.1 Å². The number of H-pyrrole nitrogens is 1. The first kappa shape index (κ1) is 31.7. The van der Waals surface area contributed by atoms with Gasteiger partial charge in [-0.1, -0.05) is 42.5 Å². The van der Waals surface area contributed by atoms with Crippen molar-refractivity contribution in [2.45, 2.75) is 44.9 Å². The number of methoxy groups -OCH3 is 1. The van der Waals surface area contributed by atoms with Gasteiger partial charge in [0.2, 0.25) is 0 Å². The number of para-hydroxylation sites is 1. The summed E-state index contributed by atoms with van der Waals surface area (Å²) in [5.74, 6) is -0.265. The van der Waals surface area contributed by atoms with Gasteiger partial charge in [0.15, 0.2) is 0 Å². The van der Waals surface area contributed by atoms with Gasteiger partial charge in [-0.25, -0.2) is 9.18 Å². The molecular formula is C38H39FN4O4. The molecule has 242 valence electrons. The zero-order valence-electron chi connectivity index (χ0n) is 27.0. The van der Waals surface area contributed by atoms with Gasteiger partial charge in [0.05, 0.1) is 19.2 Å². The number of rotatable bonds is 8. The number of benzene rings is 4. The minimum Gasteiger partial charge on any atom is -0.496 e. The van der Waals surface area contributed by atoms with Crippen LogP contribution in [0, 0.1) is 5.82 Å². The molecule has 2 heterocycles. The van der Waals surface area contributed by atoms with Crippen molar-refractivity contribution in [2.75, 3.05) is 25.1 Å². The highest BCUT2D eigenvalue weighted by Crippen LogP contribution is 2.33. The van der Waals surface area contributed by atoms with Crippen LogP contribution in [0.3, 0.4) is 0 Å². The van der Waals surface area contributed by atoms with Gasteiger partial charge in [-0.05, 0) is 98.3 Å². The maximum Gasteiger partial charge on any atom is 0.407 e. The largest absolute Gasteiger partial charge is 0.496 e. The van der Waals surface area contributed by atoms with Gasteiger partial charge in [0.25, 0.3) is 5.91 Å². The number of fused-ring (bicyclic) bond motifs is 1. The van der Waals surface area contributed by atoms with Crippen molar-refractivity contribution in [1.29, 1.82) is 0 Å². The predicted molar refractivity (Wildman–Crippen MR) is 182 cm³/mol. The van der Waals surface area contributed by atoms with Gasteiger partial charge in [-0.2, -0.15) is 0 Å². The minimum atomic E-state index is -0.697. The number of carbonyl (C=O) groups is 2. The Morgan fingerprint density at radius 3 is 2.47 bits per heavy atom. The van der Waals surface area contributed by atoms with Crippen LogP contribution in [0.2, 0.25) is 0 Å². The van der Waals surface area contributed by atoms with Crippen molar-refractivity contribution in [3.05, 3.63) is 120 Å². The van der Waals surface area contributed by atoms with Crippen LogP contribution in [0.1, 0.15) is 54.8 Å². The van der Waals surface area contributed by atoms with Crippen molar-refractivity contribution in [2.24, 2.45) is 0 Å². The molecule has 0 spiro atoms. The van der Waals surface area contributed by atoms with Crippen molar-refractivity contribution in [1.82, 2.24) is 15.6 Å². The van der Waals surface area contributed by atoms with Gasteiger partial charge < -0.3 is 30.0 Å². The van der Waals surface area contributed by atoms with Gasteiger partial charge in [-0.15, -0.1) is 0 Å². The minimum absolute atomic E-state index is 0.0141. The summed E-state index contributed by atoms with van der Waals surface area (Å²) in [6.07, 6.45) is 0.436. The van der Waals surface area contributed by atoms with Crippen molar-refractivity contribution in [3.8, 4) is 16.9 Å². The van der Waals surface area contributed by atoms with E-state index in [1.807, 2.05) is 81.4 Å². The lowest BCUT2D eigenvalue weighted by Crippen LogP contribution is -2.40. The first-order chi connectivity index (χ1) is 22.6. The smallest absolute Gasteiger partial charge is 0.407 e. The van der Waals surface area contributed by atoms with Crippen LogP contribution in [0.25, 0.3) is 22.0 Å². The Bertz CT molecular complexity index is 1860. The quantitative estimate of drug-likeness (QED) is 0.163. The summed E-state index contributed by atoms with van der Waals surface area (Å²) in [6, 6.07) is 29.0. The molecule has 1 fully saturated rings. The van der Waals surface area contributed by atoms with E-state index >= 15 is 0 Å². The van der Waals surface area contributed by atoms with E-state index in [2.05, 4.69) is 32.7 Å². The number of nitrogens with zero attached hydrogens (tertiary/aromatic N) is 1. The van der Waals surface area contributed by atoms with E-state index in [0.29, 0.717) is 29.1 Å². The molecule has 1 saturated heterocycles. The summed E-state index contributed by atoms with van der Waals surface area (Å²) in [4.78, 5) is 31.6. The average Bonchev–Trinajstić information content (AvgIpc) is 3.70. The number of aromatic amines is 1. The molecule has 0 bridgehead atoms. The second-order valence-corrected chi connectivity index (χ2v) is 12.8. The van der Waals surface area contributed by atoms with Crippen LogP contribution in [0.4, 0.5) is 14.9 Å². The normalized spacial score (nSPS) is 15.3. The van der Waals surface area contributed by atoms with Crippen LogP contribution < -0.4 is 20.3 Å². The molecule has 6 rings (SSSR count). The molecular weight excluding hydrogens is 595 g/mol. The fraction of sp³-hybridized carbons (Fsp3) is 0.263. The summed E-state index contributed by atoms with van der Waals surface area (Å²) in [6.45, 7) is 7.07. The van der Waals surface area contributed by atoms with E-state index in [9.17, 15) is 14.0 Å². The predicted octanol–water partition coefficient (Wildman–Crippen LogP) is 7.61.